The zero-order chi connectivity index (χ0) is 12.3. The van der Waals surface area contributed by atoms with E-state index in [1.54, 1.807) is 12.5 Å². The van der Waals surface area contributed by atoms with E-state index in [1.165, 1.54) is 0 Å². The zero-order valence-electron chi connectivity index (χ0n) is 9.55. The maximum absolute atomic E-state index is 10.4. The van der Waals surface area contributed by atoms with Crippen LogP contribution < -0.4 is 5.32 Å². The molecule has 2 rings (SSSR count). The topological polar surface area (TPSA) is 80.0 Å². The van der Waals surface area contributed by atoms with Crippen molar-refractivity contribution >= 4 is 22.8 Å². The van der Waals surface area contributed by atoms with E-state index in [-0.39, 0.29) is 6.42 Å². The summed E-state index contributed by atoms with van der Waals surface area (Å²) < 4.78 is 1.92. The highest BCUT2D eigenvalue weighted by molar-refractivity contribution is 5.85. The minimum atomic E-state index is -0.782. The van der Waals surface area contributed by atoms with Gasteiger partial charge in [-0.15, -0.1) is 0 Å². The van der Waals surface area contributed by atoms with Gasteiger partial charge in [0.15, 0.2) is 5.82 Å². The normalized spacial score (nSPS) is 10.6. The molecule has 0 saturated heterocycles. The highest BCUT2D eigenvalue weighted by atomic mass is 16.4. The zero-order valence-corrected chi connectivity index (χ0v) is 9.55. The molecule has 0 aliphatic rings. The van der Waals surface area contributed by atoms with Gasteiger partial charge < -0.3 is 15.0 Å². The van der Waals surface area contributed by atoms with Crippen LogP contribution in [0.5, 0.6) is 0 Å². The summed E-state index contributed by atoms with van der Waals surface area (Å²) >= 11 is 0. The van der Waals surface area contributed by atoms with Gasteiger partial charge in [0.25, 0.3) is 0 Å². The molecule has 0 aliphatic heterocycles. The summed E-state index contributed by atoms with van der Waals surface area (Å²) in [5.74, 6) is -0.0794. The van der Waals surface area contributed by atoms with Crippen molar-refractivity contribution in [3.63, 3.8) is 0 Å². The van der Waals surface area contributed by atoms with Crippen molar-refractivity contribution in [3.05, 3.63) is 18.6 Å². The van der Waals surface area contributed by atoms with Crippen molar-refractivity contribution in [2.24, 2.45) is 7.05 Å². The van der Waals surface area contributed by atoms with Crippen molar-refractivity contribution < 1.29 is 9.90 Å². The fraction of sp³-hybridized carbons (Fsp3) is 0.364. The van der Waals surface area contributed by atoms with Gasteiger partial charge in [-0.3, -0.25) is 4.79 Å². The molecule has 0 spiro atoms. The number of aryl methyl sites for hydroxylation is 1. The molecule has 90 valence electrons. The third kappa shape index (κ3) is 2.52. The highest BCUT2D eigenvalue weighted by Crippen LogP contribution is 2.18. The molecule has 0 aromatic carbocycles. The van der Waals surface area contributed by atoms with Gasteiger partial charge in [-0.25, -0.2) is 9.97 Å². The molecule has 0 bridgehead atoms. The monoisotopic (exact) mass is 234 g/mol. The number of carbonyl (C=O) groups is 1. The highest BCUT2D eigenvalue weighted by Gasteiger charge is 2.06. The molecule has 0 radical (unpaired) electrons. The van der Waals surface area contributed by atoms with E-state index in [1.807, 2.05) is 17.7 Å². The first-order valence-electron chi connectivity index (χ1n) is 5.40. The van der Waals surface area contributed by atoms with Crippen molar-refractivity contribution in [3.8, 4) is 0 Å². The Kier molecular flexibility index (Phi) is 3.22. The van der Waals surface area contributed by atoms with Crippen LogP contribution in [0.15, 0.2) is 18.6 Å². The standard InChI is InChI=1S/C11H14N4O2/c1-15-7-14-10-8(15)4-6-13-11(10)12-5-2-3-9(16)17/h4,6-7H,2-3,5H2,1H3,(H,12,13)(H,16,17). The quantitative estimate of drug-likeness (QED) is 0.761. The Morgan fingerprint density at radius 2 is 2.35 bits per heavy atom. The Morgan fingerprint density at radius 1 is 1.53 bits per heavy atom. The number of hydrogen-bond acceptors (Lipinski definition) is 4. The third-order valence-corrected chi connectivity index (χ3v) is 2.50. The van der Waals surface area contributed by atoms with E-state index in [2.05, 4.69) is 15.3 Å². The average Bonchev–Trinajstić information content (AvgIpc) is 2.67. The summed E-state index contributed by atoms with van der Waals surface area (Å²) in [5.41, 5.74) is 1.81. The number of nitrogens with zero attached hydrogens (tertiary/aromatic N) is 3. The summed E-state index contributed by atoms with van der Waals surface area (Å²) in [5, 5.41) is 11.6. The second-order valence-corrected chi connectivity index (χ2v) is 3.81. The summed E-state index contributed by atoms with van der Waals surface area (Å²) in [4.78, 5) is 18.8. The number of carboxylic acids is 1. The number of hydrogen-bond donors (Lipinski definition) is 2. The minimum absolute atomic E-state index is 0.158. The summed E-state index contributed by atoms with van der Waals surface area (Å²) in [7, 11) is 1.92. The number of fused-ring (bicyclic) bond motifs is 1. The molecule has 0 unspecified atom stereocenters. The van der Waals surface area contributed by atoms with Gasteiger partial charge in [0, 0.05) is 26.2 Å². The fourth-order valence-corrected chi connectivity index (χ4v) is 1.64. The molecule has 2 N–H and O–H groups in total. The Labute approximate surface area is 98.3 Å². The molecule has 6 heteroatoms. The van der Waals surface area contributed by atoms with Crippen LogP contribution in [0.2, 0.25) is 0 Å². The summed E-state index contributed by atoms with van der Waals surface area (Å²) in [6.45, 7) is 0.578. The number of aliphatic carboxylic acids is 1. The first kappa shape index (κ1) is 11.4. The Balaban J connectivity index is 2.06. The number of anilines is 1. The molecule has 0 amide bonds. The Hall–Kier alpha value is -2.11. The Morgan fingerprint density at radius 3 is 3.12 bits per heavy atom. The predicted molar refractivity (Wildman–Crippen MR) is 63.9 cm³/mol. The van der Waals surface area contributed by atoms with Crippen molar-refractivity contribution in [2.75, 3.05) is 11.9 Å². The van der Waals surface area contributed by atoms with Gasteiger partial charge in [0.1, 0.15) is 5.52 Å². The molecule has 17 heavy (non-hydrogen) atoms. The molecule has 0 fully saturated rings. The van der Waals surface area contributed by atoms with Gasteiger partial charge in [-0.1, -0.05) is 0 Å². The third-order valence-electron chi connectivity index (χ3n) is 2.50. The van der Waals surface area contributed by atoms with Crippen molar-refractivity contribution in [1.82, 2.24) is 14.5 Å². The van der Waals surface area contributed by atoms with E-state index >= 15 is 0 Å². The lowest BCUT2D eigenvalue weighted by Crippen LogP contribution is -2.06. The number of rotatable bonds is 5. The van der Waals surface area contributed by atoms with E-state index < -0.39 is 5.97 Å². The second-order valence-electron chi connectivity index (χ2n) is 3.81. The predicted octanol–water partition coefficient (Wildman–Crippen LogP) is 1.24. The molecular formula is C11H14N4O2. The van der Waals surface area contributed by atoms with Crippen LogP contribution >= 0.6 is 0 Å². The van der Waals surface area contributed by atoms with Crippen LogP contribution in [0, 0.1) is 0 Å². The lowest BCUT2D eigenvalue weighted by Gasteiger charge is -2.05. The molecule has 0 saturated carbocycles. The molecule has 0 aliphatic carbocycles. The summed E-state index contributed by atoms with van der Waals surface area (Å²) in [6, 6.07) is 1.89. The molecule has 6 nitrogen and oxygen atoms in total. The number of carboxylic acid groups (broad SMARTS) is 1. The maximum atomic E-state index is 10.4. The number of aromatic nitrogens is 3. The number of pyridine rings is 1. The molecular weight excluding hydrogens is 220 g/mol. The van der Waals surface area contributed by atoms with Crippen molar-refractivity contribution in [2.45, 2.75) is 12.8 Å². The van der Waals surface area contributed by atoms with Gasteiger partial charge in [-0.2, -0.15) is 0 Å². The lowest BCUT2D eigenvalue weighted by atomic mass is 10.3. The average molecular weight is 234 g/mol. The van der Waals surface area contributed by atoms with E-state index in [0.717, 1.165) is 11.0 Å². The second kappa shape index (κ2) is 4.82. The van der Waals surface area contributed by atoms with Gasteiger partial charge in [0.2, 0.25) is 0 Å². The first-order valence-corrected chi connectivity index (χ1v) is 5.40. The summed E-state index contributed by atoms with van der Waals surface area (Å²) in [6.07, 6.45) is 4.17. The van der Waals surface area contributed by atoms with Gasteiger partial charge >= 0.3 is 5.97 Å². The largest absolute Gasteiger partial charge is 0.481 e. The SMILES string of the molecule is Cn1cnc2c(NCCCC(=O)O)nccc21. The maximum Gasteiger partial charge on any atom is 0.303 e. The van der Waals surface area contributed by atoms with Crippen LogP contribution in [0.25, 0.3) is 11.0 Å². The van der Waals surface area contributed by atoms with Gasteiger partial charge in [-0.05, 0) is 12.5 Å². The number of nitrogens with one attached hydrogen (secondary N) is 1. The first-order chi connectivity index (χ1) is 8.18. The van der Waals surface area contributed by atoms with Crippen LogP contribution in [0.4, 0.5) is 5.82 Å². The van der Waals surface area contributed by atoms with E-state index in [9.17, 15) is 4.79 Å². The lowest BCUT2D eigenvalue weighted by molar-refractivity contribution is -0.137. The van der Waals surface area contributed by atoms with E-state index in [4.69, 9.17) is 5.11 Å². The van der Waals surface area contributed by atoms with E-state index in [0.29, 0.717) is 18.8 Å². The Bertz CT molecular complexity index is 535. The van der Waals surface area contributed by atoms with Crippen LogP contribution in [-0.2, 0) is 11.8 Å². The molecule has 2 heterocycles. The number of imidazole rings is 1. The molecule has 2 aromatic heterocycles. The minimum Gasteiger partial charge on any atom is -0.481 e. The molecule has 0 atom stereocenters. The van der Waals surface area contributed by atoms with Crippen LogP contribution in [0.1, 0.15) is 12.8 Å². The van der Waals surface area contributed by atoms with Crippen LogP contribution in [0.3, 0.4) is 0 Å². The van der Waals surface area contributed by atoms with Gasteiger partial charge in [0.05, 0.1) is 11.8 Å². The fourth-order valence-electron chi connectivity index (χ4n) is 1.64. The van der Waals surface area contributed by atoms with Crippen LogP contribution in [-0.4, -0.2) is 32.2 Å². The van der Waals surface area contributed by atoms with Crippen molar-refractivity contribution in [1.29, 1.82) is 0 Å². The smallest absolute Gasteiger partial charge is 0.303 e. The molecule has 2 aromatic rings.